The van der Waals surface area contributed by atoms with Crippen LogP contribution in [0.5, 0.6) is 0 Å². The molecule has 0 radical (unpaired) electrons. The van der Waals surface area contributed by atoms with Crippen molar-refractivity contribution in [3.05, 3.63) is 35.9 Å². The Morgan fingerprint density at radius 2 is 2.11 bits per heavy atom. The van der Waals surface area contributed by atoms with E-state index in [4.69, 9.17) is 0 Å². The van der Waals surface area contributed by atoms with Crippen molar-refractivity contribution in [1.82, 2.24) is 10.3 Å². The molecule has 0 unspecified atom stereocenters. The highest BCUT2D eigenvalue weighted by Crippen LogP contribution is 2.20. The molecule has 0 fully saturated rings. The molecule has 0 bridgehead atoms. The first-order valence-electron chi connectivity index (χ1n) is 2.55. The Morgan fingerprint density at radius 1 is 1.33 bits per heavy atom. The van der Waals surface area contributed by atoms with Crippen LogP contribution in [0.2, 0.25) is 0 Å². The van der Waals surface area contributed by atoms with Gasteiger partial charge in [-0.05, 0) is 18.0 Å². The lowest BCUT2D eigenvalue weighted by molar-refractivity contribution is 0.856. The summed E-state index contributed by atoms with van der Waals surface area (Å²) in [7, 11) is 0. The van der Waals surface area contributed by atoms with Gasteiger partial charge in [0, 0.05) is 4.91 Å². The van der Waals surface area contributed by atoms with Crippen molar-refractivity contribution < 1.29 is 0 Å². The lowest BCUT2D eigenvalue weighted by atomic mass is 10.4. The maximum Gasteiger partial charge on any atom is 0.0640 e. The van der Waals surface area contributed by atoms with E-state index in [1.54, 1.807) is 12.2 Å². The lowest BCUT2D eigenvalue weighted by Gasteiger charge is -1.91. The summed E-state index contributed by atoms with van der Waals surface area (Å²) in [5, 5.41) is 0. The smallest absolute Gasteiger partial charge is 0.0640 e. The van der Waals surface area contributed by atoms with Crippen LogP contribution < -0.4 is 10.3 Å². The molecule has 48 valence electrons. The summed E-state index contributed by atoms with van der Waals surface area (Å²) in [6.45, 7) is 7.25. The fourth-order valence-electron chi connectivity index (χ4n) is 0.555. The second-order valence-electron chi connectivity index (χ2n) is 1.52. The van der Waals surface area contributed by atoms with Gasteiger partial charge in [0.1, 0.15) is 0 Å². The first-order valence-corrected chi connectivity index (χ1v) is 3.37. The van der Waals surface area contributed by atoms with Crippen LogP contribution in [-0.4, -0.2) is 0 Å². The zero-order chi connectivity index (χ0) is 6.69. The molecule has 3 heteroatoms. The third-order valence-electron chi connectivity index (χ3n) is 1.00. The molecule has 1 aliphatic rings. The van der Waals surface area contributed by atoms with Crippen LogP contribution in [0.4, 0.5) is 0 Å². The third-order valence-corrected chi connectivity index (χ3v) is 1.81. The average Bonchev–Trinajstić information content (AvgIpc) is 2.33. The highest BCUT2D eigenvalue weighted by Gasteiger charge is 2.06. The van der Waals surface area contributed by atoms with E-state index in [0.717, 1.165) is 10.6 Å². The lowest BCUT2D eigenvalue weighted by Crippen LogP contribution is -2.16. The summed E-state index contributed by atoms with van der Waals surface area (Å²) in [4.78, 5) is 3.96. The molecule has 1 heterocycles. The van der Waals surface area contributed by atoms with Crippen LogP contribution >= 0.6 is 11.9 Å². The second kappa shape index (κ2) is 2.75. The fraction of sp³-hybridized carbons (Fsp3) is 0. The molecule has 0 aromatic rings. The minimum Gasteiger partial charge on any atom is -0.310 e. The van der Waals surface area contributed by atoms with Crippen molar-refractivity contribution in [3.63, 3.8) is 0 Å². The fourth-order valence-corrected chi connectivity index (χ4v) is 1.15. The molecule has 2 nitrogen and oxygen atoms in total. The summed E-state index contributed by atoms with van der Waals surface area (Å²) in [6.07, 6.45) is 3.54. The first-order chi connectivity index (χ1) is 4.38. The number of rotatable bonds is 2. The van der Waals surface area contributed by atoms with Crippen LogP contribution in [0.25, 0.3) is 0 Å². The van der Waals surface area contributed by atoms with Gasteiger partial charge < -0.3 is 5.43 Å². The van der Waals surface area contributed by atoms with E-state index in [1.165, 1.54) is 11.9 Å². The monoisotopic (exact) mass is 140 g/mol. The molecule has 1 rings (SSSR count). The van der Waals surface area contributed by atoms with E-state index < -0.39 is 0 Å². The molecule has 0 saturated carbocycles. The van der Waals surface area contributed by atoms with Crippen molar-refractivity contribution in [2.24, 2.45) is 0 Å². The molecule has 0 atom stereocenters. The summed E-state index contributed by atoms with van der Waals surface area (Å²) in [5.74, 6) is 0. The Hall–Kier alpha value is -0.670. The Kier molecular flexibility index (Phi) is 1.97. The summed E-state index contributed by atoms with van der Waals surface area (Å²) in [5.41, 5.74) is 3.91. The third kappa shape index (κ3) is 1.17. The predicted molar refractivity (Wildman–Crippen MR) is 41.3 cm³/mol. The summed E-state index contributed by atoms with van der Waals surface area (Å²) >= 11 is 1.50. The van der Waals surface area contributed by atoms with Crippen molar-refractivity contribution in [3.8, 4) is 0 Å². The van der Waals surface area contributed by atoms with Gasteiger partial charge in [-0.3, -0.25) is 0 Å². The highest BCUT2D eigenvalue weighted by atomic mass is 32.2. The SMILES string of the molecule is C=CC1=C(C=C)SNN1. The van der Waals surface area contributed by atoms with E-state index in [9.17, 15) is 0 Å². The number of allylic oxidation sites excluding steroid dienone is 2. The highest BCUT2D eigenvalue weighted by molar-refractivity contribution is 8.01. The van der Waals surface area contributed by atoms with Crippen molar-refractivity contribution >= 4 is 11.9 Å². The number of hydrogen-bond donors (Lipinski definition) is 2. The van der Waals surface area contributed by atoms with E-state index >= 15 is 0 Å². The van der Waals surface area contributed by atoms with Crippen molar-refractivity contribution in [2.75, 3.05) is 0 Å². The molecule has 2 N–H and O–H groups in total. The van der Waals surface area contributed by atoms with Crippen molar-refractivity contribution in [1.29, 1.82) is 0 Å². The summed E-state index contributed by atoms with van der Waals surface area (Å²) in [6, 6.07) is 0. The predicted octanol–water partition coefficient (Wildman–Crippen LogP) is 1.33. The van der Waals surface area contributed by atoms with Crippen LogP contribution in [0.15, 0.2) is 35.9 Å². The van der Waals surface area contributed by atoms with Gasteiger partial charge in [-0.15, -0.1) is 0 Å². The van der Waals surface area contributed by atoms with E-state index in [-0.39, 0.29) is 0 Å². The van der Waals surface area contributed by atoms with E-state index in [0.29, 0.717) is 0 Å². The molecule has 9 heavy (non-hydrogen) atoms. The largest absolute Gasteiger partial charge is 0.310 e. The molecule has 1 aliphatic heterocycles. The van der Waals surface area contributed by atoms with Gasteiger partial charge in [0.15, 0.2) is 0 Å². The molecule has 0 aromatic carbocycles. The van der Waals surface area contributed by atoms with Crippen molar-refractivity contribution in [2.45, 2.75) is 0 Å². The van der Waals surface area contributed by atoms with Crippen LogP contribution in [-0.2, 0) is 0 Å². The summed E-state index contributed by atoms with van der Waals surface area (Å²) < 4.78 is 0. The molecular formula is C6H8N2S. The van der Waals surface area contributed by atoms with Crippen LogP contribution in [0, 0.1) is 0 Å². The topological polar surface area (TPSA) is 24.1 Å². The Morgan fingerprint density at radius 3 is 2.56 bits per heavy atom. The maximum atomic E-state index is 3.63. The molecule has 0 amide bonds. The molecule has 0 spiro atoms. The van der Waals surface area contributed by atoms with Gasteiger partial charge >= 0.3 is 0 Å². The Labute approximate surface area is 58.8 Å². The maximum absolute atomic E-state index is 3.63. The zero-order valence-electron chi connectivity index (χ0n) is 4.98. The quantitative estimate of drug-likeness (QED) is 0.566. The molecular weight excluding hydrogens is 132 g/mol. The number of nitrogens with one attached hydrogen (secondary N) is 2. The van der Waals surface area contributed by atoms with Gasteiger partial charge in [-0.1, -0.05) is 19.2 Å². The number of hydrazine groups is 1. The minimum atomic E-state index is 0.995. The Balaban J connectivity index is 2.81. The number of hydrogen-bond acceptors (Lipinski definition) is 3. The van der Waals surface area contributed by atoms with Gasteiger partial charge in [0.2, 0.25) is 0 Å². The molecule has 0 saturated heterocycles. The van der Waals surface area contributed by atoms with Gasteiger partial charge in [-0.25, -0.2) is 0 Å². The average molecular weight is 140 g/mol. The second-order valence-corrected chi connectivity index (χ2v) is 2.36. The van der Waals surface area contributed by atoms with E-state index in [2.05, 4.69) is 23.4 Å². The molecule has 0 aliphatic carbocycles. The minimum absolute atomic E-state index is 0.995. The van der Waals surface area contributed by atoms with E-state index in [1.807, 2.05) is 0 Å². The molecule has 0 aromatic heterocycles. The standard InChI is InChI=1S/C6H8N2S/c1-3-5-6(4-2)9-8-7-5/h3-4,7-8H,1-2H2. The van der Waals surface area contributed by atoms with Gasteiger partial charge in [0.05, 0.1) is 5.70 Å². The first kappa shape index (κ1) is 6.45. The van der Waals surface area contributed by atoms with Crippen LogP contribution in [0.1, 0.15) is 0 Å². The van der Waals surface area contributed by atoms with Gasteiger partial charge in [0.25, 0.3) is 0 Å². The van der Waals surface area contributed by atoms with Crippen LogP contribution in [0.3, 0.4) is 0 Å². The Bertz CT molecular complexity index is 154. The zero-order valence-corrected chi connectivity index (χ0v) is 5.79. The van der Waals surface area contributed by atoms with Gasteiger partial charge in [-0.2, -0.15) is 4.83 Å². The normalized spacial score (nSPS) is 17.3.